The number of nitrogens with zero attached hydrogens (tertiary/aromatic N) is 6. The highest BCUT2D eigenvalue weighted by molar-refractivity contribution is 5.86. The fraction of sp³-hybridized carbons (Fsp3) is 0.375. The second-order valence-corrected chi connectivity index (χ2v) is 8.47. The minimum absolute atomic E-state index is 0.0832. The van der Waals surface area contributed by atoms with Crippen molar-refractivity contribution in [3.63, 3.8) is 0 Å². The molecule has 1 fully saturated rings. The van der Waals surface area contributed by atoms with E-state index in [9.17, 15) is 9.59 Å². The molecule has 0 radical (unpaired) electrons. The first-order chi connectivity index (χ1) is 16.5. The van der Waals surface area contributed by atoms with Crippen LogP contribution in [0.25, 0.3) is 5.69 Å². The summed E-state index contributed by atoms with van der Waals surface area (Å²) in [6.45, 7) is 6.15. The third-order valence-electron chi connectivity index (χ3n) is 5.75. The summed E-state index contributed by atoms with van der Waals surface area (Å²) < 4.78 is 7.01. The van der Waals surface area contributed by atoms with Crippen molar-refractivity contribution in [3.8, 4) is 5.69 Å². The van der Waals surface area contributed by atoms with Crippen molar-refractivity contribution in [3.05, 3.63) is 66.2 Å². The molecule has 1 N–H and O–H groups in total. The van der Waals surface area contributed by atoms with Crippen molar-refractivity contribution in [2.75, 3.05) is 31.1 Å². The Morgan fingerprint density at radius 1 is 0.971 bits per heavy atom. The highest BCUT2D eigenvalue weighted by Crippen LogP contribution is 2.18. The number of carbonyl (C=O) groups excluding carboxylic acids is 2. The number of anilines is 1. The molecular weight excluding hydrogens is 434 g/mol. The Morgan fingerprint density at radius 2 is 1.62 bits per heavy atom. The molecule has 2 heterocycles. The molecule has 2 amide bonds. The monoisotopic (exact) mass is 463 g/mol. The molecule has 0 unspecified atom stereocenters. The molecule has 1 saturated heterocycles. The van der Waals surface area contributed by atoms with Gasteiger partial charge in [0.15, 0.2) is 0 Å². The van der Waals surface area contributed by atoms with Crippen molar-refractivity contribution in [2.45, 2.75) is 26.5 Å². The van der Waals surface area contributed by atoms with E-state index in [2.05, 4.69) is 25.7 Å². The summed E-state index contributed by atoms with van der Waals surface area (Å²) in [5.74, 6) is 0.440. The lowest BCUT2D eigenvalue weighted by atomic mass is 10.0. The molecule has 10 heteroatoms. The first kappa shape index (κ1) is 23.2. The summed E-state index contributed by atoms with van der Waals surface area (Å²) in [7, 11) is 0. The van der Waals surface area contributed by atoms with Crippen molar-refractivity contribution in [1.82, 2.24) is 30.4 Å². The largest absolute Gasteiger partial charge is 0.445 e. The molecule has 4 rings (SSSR count). The van der Waals surface area contributed by atoms with Crippen LogP contribution in [0.5, 0.6) is 0 Å². The second kappa shape index (κ2) is 10.8. The van der Waals surface area contributed by atoms with Gasteiger partial charge in [0.1, 0.15) is 12.6 Å². The van der Waals surface area contributed by atoms with E-state index in [1.165, 1.54) is 0 Å². The molecule has 2 aromatic carbocycles. The summed E-state index contributed by atoms with van der Waals surface area (Å²) >= 11 is 0. The number of nitrogens with one attached hydrogen (secondary N) is 1. The molecule has 10 nitrogen and oxygen atoms in total. The van der Waals surface area contributed by atoms with Crippen LogP contribution >= 0.6 is 0 Å². The molecule has 0 saturated carbocycles. The lowest BCUT2D eigenvalue weighted by Gasteiger charge is -2.37. The van der Waals surface area contributed by atoms with E-state index in [0.29, 0.717) is 32.1 Å². The average Bonchev–Trinajstić information content (AvgIpc) is 3.37. The van der Waals surface area contributed by atoms with Crippen LogP contribution in [0.4, 0.5) is 10.7 Å². The predicted octanol–water partition coefficient (Wildman–Crippen LogP) is 2.26. The fourth-order valence-corrected chi connectivity index (χ4v) is 3.84. The van der Waals surface area contributed by atoms with Crippen molar-refractivity contribution < 1.29 is 14.3 Å². The molecule has 3 aromatic rings. The number of hydrogen-bond acceptors (Lipinski definition) is 7. The van der Waals surface area contributed by atoms with E-state index >= 15 is 0 Å². The van der Waals surface area contributed by atoms with Gasteiger partial charge in [0.2, 0.25) is 11.9 Å². The Kier molecular flexibility index (Phi) is 7.36. The van der Waals surface area contributed by atoms with Crippen LogP contribution < -0.4 is 10.2 Å². The van der Waals surface area contributed by atoms with E-state index in [0.717, 1.165) is 11.3 Å². The summed E-state index contributed by atoms with van der Waals surface area (Å²) in [6.07, 6.45) is -0.600. The van der Waals surface area contributed by atoms with Crippen LogP contribution in [0, 0.1) is 5.92 Å². The molecule has 1 atom stereocenters. The SMILES string of the molecule is CC(C)[C@H](NC(=O)OCc1ccccc1)C(=O)N1CCN(c2nnnn2-c2ccccc2)CC1. The minimum atomic E-state index is -0.663. The molecule has 1 aliphatic heterocycles. The van der Waals surface area contributed by atoms with Crippen LogP contribution in [0.15, 0.2) is 60.7 Å². The number of aromatic nitrogens is 4. The highest BCUT2D eigenvalue weighted by Gasteiger charge is 2.32. The second-order valence-electron chi connectivity index (χ2n) is 8.47. The van der Waals surface area contributed by atoms with Gasteiger partial charge in [-0.3, -0.25) is 4.79 Å². The van der Waals surface area contributed by atoms with Crippen molar-refractivity contribution >= 4 is 17.9 Å². The number of carbonyl (C=O) groups is 2. The third kappa shape index (κ3) is 5.51. The maximum atomic E-state index is 13.2. The van der Waals surface area contributed by atoms with Crippen LogP contribution in [0.2, 0.25) is 0 Å². The molecule has 178 valence electrons. The van der Waals surface area contributed by atoms with Gasteiger partial charge in [-0.05, 0) is 34.0 Å². The Hall–Kier alpha value is -3.95. The van der Waals surface area contributed by atoms with E-state index in [4.69, 9.17) is 4.74 Å². The summed E-state index contributed by atoms with van der Waals surface area (Å²) in [6, 6.07) is 18.5. The minimum Gasteiger partial charge on any atom is -0.445 e. The maximum absolute atomic E-state index is 13.2. The van der Waals surface area contributed by atoms with Gasteiger partial charge in [-0.25, -0.2) is 4.79 Å². The number of ether oxygens (including phenoxy) is 1. The Balaban J connectivity index is 1.33. The smallest absolute Gasteiger partial charge is 0.408 e. The quantitative estimate of drug-likeness (QED) is 0.573. The van der Waals surface area contributed by atoms with Gasteiger partial charge in [-0.15, -0.1) is 0 Å². The lowest BCUT2D eigenvalue weighted by Crippen LogP contribution is -2.56. The zero-order chi connectivity index (χ0) is 23.9. The van der Waals surface area contributed by atoms with Crippen molar-refractivity contribution in [2.24, 2.45) is 5.92 Å². The van der Waals surface area contributed by atoms with Crippen LogP contribution in [-0.4, -0.2) is 69.3 Å². The topological polar surface area (TPSA) is 105 Å². The van der Waals surface area contributed by atoms with E-state index in [1.807, 2.05) is 74.5 Å². The summed E-state index contributed by atoms with van der Waals surface area (Å²) in [5, 5.41) is 14.9. The number of amides is 2. The number of alkyl carbamates (subject to hydrolysis) is 1. The zero-order valence-electron chi connectivity index (χ0n) is 19.4. The number of benzene rings is 2. The van der Waals surface area contributed by atoms with Gasteiger partial charge in [-0.2, -0.15) is 4.68 Å². The van der Waals surface area contributed by atoms with E-state index < -0.39 is 12.1 Å². The van der Waals surface area contributed by atoms with Gasteiger partial charge in [0.05, 0.1) is 5.69 Å². The molecule has 0 aliphatic carbocycles. The van der Waals surface area contributed by atoms with Gasteiger partial charge >= 0.3 is 6.09 Å². The first-order valence-corrected chi connectivity index (χ1v) is 11.4. The molecule has 0 spiro atoms. The lowest BCUT2D eigenvalue weighted by molar-refractivity contribution is -0.134. The number of para-hydroxylation sites is 1. The number of piperazine rings is 1. The Labute approximate surface area is 198 Å². The Morgan fingerprint density at radius 3 is 2.26 bits per heavy atom. The van der Waals surface area contributed by atoms with E-state index in [1.54, 1.807) is 9.58 Å². The van der Waals surface area contributed by atoms with Crippen LogP contribution in [-0.2, 0) is 16.1 Å². The number of rotatable bonds is 7. The van der Waals surface area contributed by atoms with Crippen LogP contribution in [0.1, 0.15) is 19.4 Å². The van der Waals surface area contributed by atoms with Gasteiger partial charge in [-0.1, -0.05) is 67.5 Å². The van der Waals surface area contributed by atoms with Gasteiger partial charge in [0, 0.05) is 26.2 Å². The van der Waals surface area contributed by atoms with E-state index in [-0.39, 0.29) is 18.4 Å². The molecule has 34 heavy (non-hydrogen) atoms. The highest BCUT2D eigenvalue weighted by atomic mass is 16.5. The molecular formula is C24H29N7O3. The third-order valence-corrected chi connectivity index (χ3v) is 5.75. The molecule has 1 aliphatic rings. The normalized spacial score (nSPS) is 14.7. The number of hydrogen-bond donors (Lipinski definition) is 1. The predicted molar refractivity (Wildman–Crippen MR) is 126 cm³/mol. The summed E-state index contributed by atoms with van der Waals surface area (Å²) in [4.78, 5) is 29.4. The van der Waals surface area contributed by atoms with Crippen molar-refractivity contribution in [1.29, 1.82) is 0 Å². The number of tetrazole rings is 1. The first-order valence-electron chi connectivity index (χ1n) is 11.4. The van der Waals surface area contributed by atoms with Crippen LogP contribution in [0.3, 0.4) is 0 Å². The van der Waals surface area contributed by atoms with Gasteiger partial charge in [0.25, 0.3) is 0 Å². The average molecular weight is 464 g/mol. The Bertz CT molecular complexity index is 1080. The maximum Gasteiger partial charge on any atom is 0.408 e. The standard InChI is InChI=1S/C24H29N7O3/c1-18(2)21(25-24(33)34-17-19-9-5-3-6-10-19)22(32)29-13-15-30(16-14-29)23-26-27-28-31(23)20-11-7-4-8-12-20/h3-12,18,21H,13-17H2,1-2H3,(H,25,33)/t21-/m0/s1. The zero-order valence-corrected chi connectivity index (χ0v) is 19.4. The molecule has 0 bridgehead atoms. The summed E-state index contributed by atoms with van der Waals surface area (Å²) in [5.41, 5.74) is 1.76. The van der Waals surface area contributed by atoms with Gasteiger partial charge < -0.3 is 19.9 Å². The fourth-order valence-electron chi connectivity index (χ4n) is 3.84. The molecule has 1 aromatic heterocycles.